The van der Waals surface area contributed by atoms with Crippen molar-refractivity contribution in [1.29, 1.82) is 0 Å². The highest BCUT2D eigenvalue weighted by atomic mass is 35.5. The van der Waals surface area contributed by atoms with Crippen LogP contribution in [0.25, 0.3) is 0 Å². The molecule has 0 aliphatic carbocycles. The molecule has 0 saturated heterocycles. The number of rotatable bonds is 4. The lowest BCUT2D eigenvalue weighted by atomic mass is 10.1. The first kappa shape index (κ1) is 14.2. The summed E-state index contributed by atoms with van der Waals surface area (Å²) in [5.74, 6) is 0.676. The second-order valence-corrected chi connectivity index (χ2v) is 4.54. The van der Waals surface area contributed by atoms with Gasteiger partial charge in [-0.25, -0.2) is 9.78 Å². The minimum atomic E-state index is -0.523. The number of benzene rings is 1. The maximum absolute atomic E-state index is 11.7. The van der Waals surface area contributed by atoms with Crippen LogP contribution in [0.5, 0.6) is 0 Å². The van der Waals surface area contributed by atoms with E-state index in [1.165, 1.54) is 13.2 Å². The molecule has 2 aromatic rings. The van der Waals surface area contributed by atoms with E-state index >= 15 is 0 Å². The largest absolute Gasteiger partial charge is 0.465 e. The van der Waals surface area contributed by atoms with E-state index in [2.05, 4.69) is 10.3 Å². The Labute approximate surface area is 120 Å². The number of carbonyl (C=O) groups is 1. The Bertz CT molecular complexity index is 640. The number of anilines is 2. The van der Waals surface area contributed by atoms with Crippen molar-refractivity contribution < 1.29 is 13.9 Å². The number of nitrogens with two attached hydrogens (primary N) is 1. The van der Waals surface area contributed by atoms with Crippen LogP contribution in [0.2, 0.25) is 5.02 Å². The lowest BCUT2D eigenvalue weighted by Gasteiger charge is -2.12. The van der Waals surface area contributed by atoms with Gasteiger partial charge in [0.15, 0.2) is 0 Å². The van der Waals surface area contributed by atoms with Gasteiger partial charge < -0.3 is 20.2 Å². The average molecular weight is 296 g/mol. The summed E-state index contributed by atoms with van der Waals surface area (Å²) < 4.78 is 10.0. The first-order valence-electron chi connectivity index (χ1n) is 5.83. The number of aryl methyl sites for hydroxylation is 1. The Morgan fingerprint density at radius 3 is 2.90 bits per heavy atom. The highest BCUT2D eigenvalue weighted by Gasteiger charge is 2.16. The summed E-state index contributed by atoms with van der Waals surface area (Å²) in [6, 6.07) is 3.05. The van der Waals surface area contributed by atoms with Gasteiger partial charge >= 0.3 is 5.97 Å². The number of ether oxygens (including phenoxy) is 1. The van der Waals surface area contributed by atoms with E-state index in [-0.39, 0.29) is 5.56 Å². The fourth-order valence-electron chi connectivity index (χ4n) is 1.73. The first-order valence-corrected chi connectivity index (χ1v) is 6.21. The number of hydrogen-bond acceptors (Lipinski definition) is 6. The van der Waals surface area contributed by atoms with Crippen molar-refractivity contribution in [3.8, 4) is 0 Å². The van der Waals surface area contributed by atoms with Gasteiger partial charge in [-0.05, 0) is 19.1 Å². The van der Waals surface area contributed by atoms with Crippen molar-refractivity contribution in [3.05, 3.63) is 40.6 Å². The maximum atomic E-state index is 11.7. The first-order chi connectivity index (χ1) is 9.51. The lowest BCUT2D eigenvalue weighted by Crippen LogP contribution is -2.10. The molecule has 1 aromatic carbocycles. The predicted octanol–water partition coefficient (Wildman–Crippen LogP) is 2.62. The molecule has 0 saturated carbocycles. The zero-order chi connectivity index (χ0) is 14.7. The van der Waals surface area contributed by atoms with Gasteiger partial charge in [0.05, 0.1) is 36.1 Å². The predicted molar refractivity (Wildman–Crippen MR) is 75.8 cm³/mol. The molecular weight excluding hydrogens is 282 g/mol. The molecule has 106 valence electrons. The van der Waals surface area contributed by atoms with Crippen LogP contribution in [0, 0.1) is 6.92 Å². The van der Waals surface area contributed by atoms with Crippen LogP contribution in [-0.2, 0) is 11.3 Å². The third-order valence-corrected chi connectivity index (χ3v) is 2.90. The number of nitrogens with one attached hydrogen (secondary N) is 1. The average Bonchev–Trinajstić information content (AvgIpc) is 2.81. The van der Waals surface area contributed by atoms with Crippen molar-refractivity contribution >= 4 is 28.9 Å². The Morgan fingerprint density at radius 2 is 2.30 bits per heavy atom. The molecule has 0 bridgehead atoms. The van der Waals surface area contributed by atoms with E-state index in [1.807, 2.05) is 0 Å². The van der Waals surface area contributed by atoms with Crippen molar-refractivity contribution in [2.24, 2.45) is 0 Å². The number of halogens is 1. The Kier molecular flexibility index (Phi) is 4.14. The molecule has 0 aliphatic heterocycles. The van der Waals surface area contributed by atoms with Crippen LogP contribution in [0.15, 0.2) is 22.7 Å². The van der Waals surface area contributed by atoms with Gasteiger partial charge in [-0.2, -0.15) is 0 Å². The second kappa shape index (κ2) is 5.83. The van der Waals surface area contributed by atoms with Gasteiger partial charge in [-0.3, -0.25) is 0 Å². The number of esters is 1. The monoisotopic (exact) mass is 295 g/mol. The highest BCUT2D eigenvalue weighted by Crippen LogP contribution is 2.30. The quantitative estimate of drug-likeness (QED) is 0.665. The van der Waals surface area contributed by atoms with Crippen LogP contribution in [0.4, 0.5) is 11.4 Å². The molecule has 20 heavy (non-hydrogen) atoms. The number of nitrogen functional groups attached to an aromatic ring is 1. The Morgan fingerprint density at radius 1 is 1.55 bits per heavy atom. The lowest BCUT2D eigenvalue weighted by molar-refractivity contribution is 0.0602. The maximum Gasteiger partial charge on any atom is 0.340 e. The molecule has 1 aromatic heterocycles. The Hall–Kier alpha value is -2.21. The van der Waals surface area contributed by atoms with Crippen molar-refractivity contribution in [2.45, 2.75) is 13.5 Å². The summed E-state index contributed by atoms with van der Waals surface area (Å²) in [5, 5.41) is 3.34. The molecule has 6 nitrogen and oxygen atoms in total. The third-order valence-electron chi connectivity index (χ3n) is 2.60. The molecule has 0 aliphatic rings. The number of nitrogens with zero attached hydrogens (tertiary/aromatic N) is 1. The summed E-state index contributed by atoms with van der Waals surface area (Å²) in [6.45, 7) is 2.09. The van der Waals surface area contributed by atoms with Gasteiger partial charge in [0.1, 0.15) is 5.76 Å². The Balaban J connectivity index is 2.27. The molecule has 0 amide bonds. The minimum absolute atomic E-state index is 0.265. The van der Waals surface area contributed by atoms with Crippen molar-refractivity contribution in [3.63, 3.8) is 0 Å². The normalized spacial score (nSPS) is 10.3. The molecular formula is C13H14ClN3O3. The van der Waals surface area contributed by atoms with E-state index in [4.69, 9.17) is 26.5 Å². The van der Waals surface area contributed by atoms with Crippen LogP contribution < -0.4 is 11.1 Å². The van der Waals surface area contributed by atoms with Crippen LogP contribution in [0.3, 0.4) is 0 Å². The van der Waals surface area contributed by atoms with Crippen molar-refractivity contribution in [2.75, 3.05) is 18.2 Å². The summed E-state index contributed by atoms with van der Waals surface area (Å²) in [6.07, 6.45) is 1.61. The number of oxazole rings is 1. The smallest absolute Gasteiger partial charge is 0.340 e. The van der Waals surface area contributed by atoms with Gasteiger partial charge in [0.2, 0.25) is 5.89 Å². The van der Waals surface area contributed by atoms with E-state index in [0.29, 0.717) is 34.6 Å². The van der Waals surface area contributed by atoms with Gasteiger partial charge in [0, 0.05) is 5.69 Å². The van der Waals surface area contributed by atoms with Crippen LogP contribution in [0.1, 0.15) is 22.0 Å². The molecule has 0 fully saturated rings. The van der Waals surface area contributed by atoms with Crippen LogP contribution in [-0.4, -0.2) is 18.1 Å². The van der Waals surface area contributed by atoms with E-state index in [9.17, 15) is 4.79 Å². The minimum Gasteiger partial charge on any atom is -0.465 e. The summed E-state index contributed by atoms with van der Waals surface area (Å²) in [4.78, 5) is 15.8. The summed E-state index contributed by atoms with van der Waals surface area (Å²) >= 11 is 6.11. The number of aromatic nitrogens is 1. The molecule has 3 N–H and O–H groups in total. The van der Waals surface area contributed by atoms with Gasteiger partial charge in [0.25, 0.3) is 0 Å². The number of hydrogen-bond donors (Lipinski definition) is 2. The third kappa shape index (κ3) is 3.03. The molecule has 7 heteroatoms. The summed E-state index contributed by atoms with van der Waals surface area (Å²) in [7, 11) is 1.29. The van der Waals surface area contributed by atoms with E-state index < -0.39 is 5.97 Å². The van der Waals surface area contributed by atoms with Gasteiger partial charge in [-0.15, -0.1) is 0 Å². The molecule has 0 atom stereocenters. The molecule has 2 rings (SSSR count). The number of carbonyl (C=O) groups excluding carboxylic acids is 1. The molecule has 1 heterocycles. The van der Waals surface area contributed by atoms with E-state index in [0.717, 1.165) is 0 Å². The van der Waals surface area contributed by atoms with Crippen molar-refractivity contribution in [1.82, 2.24) is 4.98 Å². The fourth-order valence-corrected chi connectivity index (χ4v) is 2.02. The van der Waals surface area contributed by atoms with Crippen LogP contribution >= 0.6 is 11.6 Å². The molecule has 0 radical (unpaired) electrons. The topological polar surface area (TPSA) is 90.4 Å². The second-order valence-electron chi connectivity index (χ2n) is 4.14. The van der Waals surface area contributed by atoms with E-state index in [1.54, 1.807) is 19.2 Å². The summed E-state index contributed by atoms with van der Waals surface area (Å²) in [5.41, 5.74) is 6.76. The zero-order valence-electron chi connectivity index (χ0n) is 11.1. The number of methoxy groups -OCH3 is 1. The molecule has 0 unspecified atom stereocenters. The SMILES string of the molecule is COC(=O)c1cc(N)cc(Cl)c1NCc1ncc(C)o1. The van der Waals surface area contributed by atoms with Gasteiger partial charge in [-0.1, -0.05) is 11.6 Å². The standard InChI is InChI=1S/C13H14ClN3O3/c1-7-5-16-11(20-7)6-17-12-9(13(18)19-2)3-8(15)4-10(12)14/h3-5,17H,6,15H2,1-2H3. The zero-order valence-corrected chi connectivity index (χ0v) is 11.8. The fraction of sp³-hybridized carbons (Fsp3) is 0.231. The molecule has 0 spiro atoms. The highest BCUT2D eigenvalue weighted by molar-refractivity contribution is 6.34.